The number of nitrogens with one attached hydrogen (secondary N) is 1. The molecule has 5 heteroatoms. The number of carbonyl (C=O) groups excluding carboxylic acids is 2. The van der Waals surface area contributed by atoms with E-state index < -0.39 is 17.8 Å². The second-order valence-electron chi connectivity index (χ2n) is 5.59. The molecule has 1 aliphatic rings. The first-order valence-corrected chi connectivity index (χ1v) is 7.47. The maximum absolute atomic E-state index is 13.9. The number of hydrogen-bond donors (Lipinski definition) is 1. The Morgan fingerprint density at radius 3 is 2.74 bits per heavy atom. The van der Waals surface area contributed by atoms with Gasteiger partial charge in [-0.05, 0) is 24.6 Å². The van der Waals surface area contributed by atoms with Gasteiger partial charge in [0, 0.05) is 13.1 Å². The summed E-state index contributed by atoms with van der Waals surface area (Å²) in [7, 11) is 0. The van der Waals surface area contributed by atoms with Gasteiger partial charge in [0.05, 0.1) is 5.56 Å². The lowest BCUT2D eigenvalue weighted by Gasteiger charge is -2.35. The quantitative estimate of drug-likeness (QED) is 0.926. The first-order chi connectivity index (χ1) is 11.1. The Kier molecular flexibility index (Phi) is 4.10. The van der Waals surface area contributed by atoms with Gasteiger partial charge in [-0.15, -0.1) is 0 Å². The normalized spacial score (nSPS) is 17.7. The molecular weight excluding hydrogens is 295 g/mol. The molecule has 0 radical (unpaired) electrons. The molecule has 0 spiro atoms. The van der Waals surface area contributed by atoms with Crippen molar-refractivity contribution in [3.05, 3.63) is 71.0 Å². The highest BCUT2D eigenvalue weighted by Gasteiger charge is 2.35. The number of nitrogens with zero attached hydrogens (tertiary/aromatic N) is 1. The van der Waals surface area contributed by atoms with Crippen LogP contribution in [0.15, 0.2) is 48.5 Å². The van der Waals surface area contributed by atoms with Crippen LogP contribution < -0.4 is 5.32 Å². The highest BCUT2D eigenvalue weighted by molar-refractivity contribution is 5.98. The van der Waals surface area contributed by atoms with Gasteiger partial charge in [-0.25, -0.2) is 4.39 Å². The molecule has 3 rings (SSSR count). The van der Waals surface area contributed by atoms with E-state index in [-0.39, 0.29) is 11.5 Å². The van der Waals surface area contributed by atoms with Crippen molar-refractivity contribution in [2.24, 2.45) is 0 Å². The Bertz CT molecular complexity index is 760. The average Bonchev–Trinajstić information content (AvgIpc) is 2.54. The summed E-state index contributed by atoms with van der Waals surface area (Å²) < 4.78 is 13.9. The SMILES string of the molecule is Cc1cccc(C2C(=O)NCCN2C(=O)c2ccccc2F)c1. The molecule has 2 aromatic rings. The van der Waals surface area contributed by atoms with Crippen LogP contribution in [0.4, 0.5) is 4.39 Å². The summed E-state index contributed by atoms with van der Waals surface area (Å²) in [6.45, 7) is 2.63. The molecule has 23 heavy (non-hydrogen) atoms. The molecule has 0 aliphatic carbocycles. The third-order valence-electron chi connectivity index (χ3n) is 3.93. The molecule has 2 aromatic carbocycles. The van der Waals surface area contributed by atoms with Crippen LogP contribution in [0.5, 0.6) is 0 Å². The zero-order valence-corrected chi connectivity index (χ0v) is 12.8. The van der Waals surface area contributed by atoms with Crippen molar-refractivity contribution in [3.63, 3.8) is 0 Å². The van der Waals surface area contributed by atoms with Crippen molar-refractivity contribution < 1.29 is 14.0 Å². The monoisotopic (exact) mass is 312 g/mol. The molecule has 118 valence electrons. The summed E-state index contributed by atoms with van der Waals surface area (Å²) in [5.74, 6) is -1.29. The number of halogens is 1. The van der Waals surface area contributed by atoms with E-state index in [1.807, 2.05) is 31.2 Å². The lowest BCUT2D eigenvalue weighted by atomic mass is 9.99. The Hall–Kier alpha value is -2.69. The minimum atomic E-state index is -0.740. The van der Waals surface area contributed by atoms with E-state index in [2.05, 4.69) is 5.32 Å². The van der Waals surface area contributed by atoms with E-state index in [1.165, 1.54) is 23.1 Å². The molecule has 0 bridgehead atoms. The van der Waals surface area contributed by atoms with E-state index in [0.717, 1.165) is 11.1 Å². The van der Waals surface area contributed by atoms with Gasteiger partial charge < -0.3 is 10.2 Å². The summed E-state index contributed by atoms with van der Waals surface area (Å²) in [6.07, 6.45) is 0. The maximum atomic E-state index is 13.9. The summed E-state index contributed by atoms with van der Waals surface area (Å²) in [4.78, 5) is 26.5. The predicted octanol–water partition coefficient (Wildman–Crippen LogP) is 2.45. The van der Waals surface area contributed by atoms with E-state index in [0.29, 0.717) is 13.1 Å². The van der Waals surface area contributed by atoms with Crippen LogP contribution in [0.3, 0.4) is 0 Å². The fourth-order valence-corrected chi connectivity index (χ4v) is 2.85. The number of piperazine rings is 1. The van der Waals surface area contributed by atoms with Crippen LogP contribution in [-0.4, -0.2) is 29.8 Å². The largest absolute Gasteiger partial charge is 0.352 e. The molecule has 1 heterocycles. The summed E-state index contributed by atoms with van der Waals surface area (Å²) >= 11 is 0. The summed E-state index contributed by atoms with van der Waals surface area (Å²) in [5.41, 5.74) is 1.71. The zero-order chi connectivity index (χ0) is 16.4. The molecule has 1 fully saturated rings. The van der Waals surface area contributed by atoms with Gasteiger partial charge in [0.2, 0.25) is 5.91 Å². The van der Waals surface area contributed by atoms with Gasteiger partial charge in [-0.1, -0.05) is 42.0 Å². The Morgan fingerprint density at radius 1 is 1.22 bits per heavy atom. The van der Waals surface area contributed by atoms with Crippen LogP contribution in [0.25, 0.3) is 0 Å². The lowest BCUT2D eigenvalue weighted by Crippen LogP contribution is -2.52. The van der Waals surface area contributed by atoms with Gasteiger partial charge in [0.15, 0.2) is 0 Å². The van der Waals surface area contributed by atoms with Crippen LogP contribution in [0.1, 0.15) is 27.5 Å². The Balaban J connectivity index is 2.00. The van der Waals surface area contributed by atoms with Crippen molar-refractivity contribution in [2.75, 3.05) is 13.1 Å². The van der Waals surface area contributed by atoms with Gasteiger partial charge in [0.1, 0.15) is 11.9 Å². The fraction of sp³-hybridized carbons (Fsp3) is 0.222. The topological polar surface area (TPSA) is 49.4 Å². The van der Waals surface area contributed by atoms with Gasteiger partial charge in [-0.2, -0.15) is 0 Å². The molecule has 0 saturated carbocycles. The van der Waals surface area contributed by atoms with Crippen molar-refractivity contribution in [3.8, 4) is 0 Å². The predicted molar refractivity (Wildman–Crippen MR) is 84.4 cm³/mol. The molecule has 1 atom stereocenters. The molecule has 1 unspecified atom stereocenters. The van der Waals surface area contributed by atoms with E-state index in [9.17, 15) is 14.0 Å². The highest BCUT2D eigenvalue weighted by atomic mass is 19.1. The van der Waals surface area contributed by atoms with Crippen molar-refractivity contribution in [1.29, 1.82) is 0 Å². The number of aryl methyl sites for hydroxylation is 1. The van der Waals surface area contributed by atoms with Crippen LogP contribution in [-0.2, 0) is 4.79 Å². The third-order valence-corrected chi connectivity index (χ3v) is 3.93. The van der Waals surface area contributed by atoms with Gasteiger partial charge in [0.25, 0.3) is 5.91 Å². The number of hydrogen-bond acceptors (Lipinski definition) is 2. The number of benzene rings is 2. The fourth-order valence-electron chi connectivity index (χ4n) is 2.85. The average molecular weight is 312 g/mol. The van der Waals surface area contributed by atoms with E-state index in [4.69, 9.17) is 0 Å². The third kappa shape index (κ3) is 2.95. The molecule has 4 nitrogen and oxygen atoms in total. The van der Waals surface area contributed by atoms with Crippen molar-refractivity contribution in [2.45, 2.75) is 13.0 Å². The summed E-state index contributed by atoms with van der Waals surface area (Å²) in [6, 6.07) is 12.6. The van der Waals surface area contributed by atoms with Crippen molar-refractivity contribution in [1.82, 2.24) is 10.2 Å². The Labute approximate surface area is 133 Å². The zero-order valence-electron chi connectivity index (χ0n) is 12.8. The first-order valence-electron chi connectivity index (χ1n) is 7.47. The molecule has 0 aromatic heterocycles. The lowest BCUT2D eigenvalue weighted by molar-refractivity contribution is -0.128. The van der Waals surface area contributed by atoms with Gasteiger partial charge >= 0.3 is 0 Å². The first kappa shape index (κ1) is 15.2. The number of amides is 2. The molecule has 2 amide bonds. The number of rotatable bonds is 2. The molecular formula is C18H17FN2O2. The summed E-state index contributed by atoms with van der Waals surface area (Å²) in [5, 5.41) is 2.77. The smallest absolute Gasteiger partial charge is 0.257 e. The minimum Gasteiger partial charge on any atom is -0.352 e. The minimum absolute atomic E-state index is 0.0140. The molecule has 1 aliphatic heterocycles. The van der Waals surface area contributed by atoms with Gasteiger partial charge in [-0.3, -0.25) is 9.59 Å². The number of carbonyl (C=O) groups is 2. The van der Waals surface area contributed by atoms with E-state index >= 15 is 0 Å². The van der Waals surface area contributed by atoms with Crippen LogP contribution >= 0.6 is 0 Å². The maximum Gasteiger partial charge on any atom is 0.257 e. The highest BCUT2D eigenvalue weighted by Crippen LogP contribution is 2.26. The van der Waals surface area contributed by atoms with Crippen molar-refractivity contribution >= 4 is 11.8 Å². The standard InChI is InChI=1S/C18H17FN2O2/c1-12-5-4-6-13(11-12)16-17(22)20-9-10-21(16)18(23)14-7-2-3-8-15(14)19/h2-8,11,16H,9-10H2,1H3,(H,20,22). The second kappa shape index (κ2) is 6.20. The second-order valence-corrected chi connectivity index (χ2v) is 5.59. The Morgan fingerprint density at radius 2 is 2.00 bits per heavy atom. The molecule has 1 N–H and O–H groups in total. The van der Waals surface area contributed by atoms with Crippen LogP contribution in [0.2, 0.25) is 0 Å². The molecule has 1 saturated heterocycles. The van der Waals surface area contributed by atoms with E-state index in [1.54, 1.807) is 6.07 Å². The van der Waals surface area contributed by atoms with Crippen LogP contribution in [0, 0.1) is 12.7 Å².